The molecule has 118 valence electrons. The van der Waals surface area contributed by atoms with Crippen molar-refractivity contribution in [3.63, 3.8) is 0 Å². The van der Waals surface area contributed by atoms with E-state index >= 15 is 0 Å². The number of hydrogen-bond donors (Lipinski definition) is 0. The van der Waals surface area contributed by atoms with Gasteiger partial charge in [0.25, 0.3) is 0 Å². The van der Waals surface area contributed by atoms with Gasteiger partial charge in [0.2, 0.25) is 0 Å². The minimum Gasteiger partial charge on any atom is -0.378 e. The van der Waals surface area contributed by atoms with Crippen LogP contribution in [0, 0.1) is 5.82 Å². The lowest BCUT2D eigenvalue weighted by molar-refractivity contribution is 0.122. The van der Waals surface area contributed by atoms with Crippen LogP contribution in [0.4, 0.5) is 10.2 Å². The Labute approximate surface area is 131 Å². The number of halogens is 1. The Morgan fingerprint density at radius 1 is 1.09 bits per heavy atom. The Balaban J connectivity index is 1.68. The van der Waals surface area contributed by atoms with Gasteiger partial charge >= 0.3 is 0 Å². The van der Waals surface area contributed by atoms with Crippen molar-refractivity contribution in [2.75, 3.05) is 31.2 Å². The first-order valence-electron chi connectivity index (χ1n) is 7.42. The molecule has 3 heterocycles. The van der Waals surface area contributed by atoms with Gasteiger partial charge in [0.1, 0.15) is 12.1 Å². The third kappa shape index (κ3) is 2.72. The Morgan fingerprint density at radius 2 is 1.87 bits per heavy atom. The van der Waals surface area contributed by atoms with Gasteiger partial charge in [0.05, 0.1) is 19.8 Å². The van der Waals surface area contributed by atoms with Crippen LogP contribution in [0.15, 0.2) is 30.6 Å². The topological polar surface area (TPSA) is 69.0 Å². The van der Waals surface area contributed by atoms with E-state index in [2.05, 4.69) is 25.2 Å². The average molecular weight is 314 g/mol. The van der Waals surface area contributed by atoms with E-state index < -0.39 is 0 Å². The molecule has 0 atom stereocenters. The van der Waals surface area contributed by atoms with Crippen molar-refractivity contribution in [3.8, 4) is 0 Å². The fraction of sp³-hybridized carbons (Fsp3) is 0.333. The normalized spacial score (nSPS) is 15.3. The predicted octanol–water partition coefficient (Wildman–Crippen LogP) is 1.25. The first-order valence-corrected chi connectivity index (χ1v) is 7.42. The van der Waals surface area contributed by atoms with E-state index in [1.807, 2.05) is 0 Å². The van der Waals surface area contributed by atoms with Crippen molar-refractivity contribution in [2.45, 2.75) is 6.54 Å². The summed E-state index contributed by atoms with van der Waals surface area (Å²) in [6.45, 7) is 3.38. The zero-order valence-corrected chi connectivity index (χ0v) is 12.4. The van der Waals surface area contributed by atoms with E-state index in [-0.39, 0.29) is 5.82 Å². The Morgan fingerprint density at radius 3 is 2.65 bits per heavy atom. The molecule has 23 heavy (non-hydrogen) atoms. The summed E-state index contributed by atoms with van der Waals surface area (Å²) >= 11 is 0. The lowest BCUT2D eigenvalue weighted by Gasteiger charge is -2.27. The minimum absolute atomic E-state index is 0.255. The van der Waals surface area contributed by atoms with Crippen molar-refractivity contribution in [1.82, 2.24) is 25.0 Å². The minimum atomic E-state index is -0.255. The second-order valence-electron chi connectivity index (χ2n) is 5.34. The first kappa shape index (κ1) is 14.0. The maximum absolute atomic E-state index is 13.0. The third-order valence-corrected chi connectivity index (χ3v) is 3.84. The molecular formula is C15H15FN6O. The molecule has 3 aromatic rings. The highest BCUT2D eigenvalue weighted by Gasteiger charge is 2.19. The molecule has 0 amide bonds. The maximum atomic E-state index is 13.0. The van der Waals surface area contributed by atoms with Crippen molar-refractivity contribution >= 4 is 17.0 Å². The fourth-order valence-electron chi connectivity index (χ4n) is 2.66. The lowest BCUT2D eigenvalue weighted by Crippen LogP contribution is -2.36. The van der Waals surface area contributed by atoms with Crippen LogP contribution >= 0.6 is 0 Å². The molecule has 8 heteroatoms. The summed E-state index contributed by atoms with van der Waals surface area (Å²) in [5.74, 6) is 0.526. The van der Waals surface area contributed by atoms with Crippen molar-refractivity contribution in [1.29, 1.82) is 0 Å². The Hall–Kier alpha value is -2.61. The summed E-state index contributed by atoms with van der Waals surface area (Å²) in [5.41, 5.74) is 2.28. The molecule has 0 spiro atoms. The average Bonchev–Trinajstić information content (AvgIpc) is 3.01. The number of rotatable bonds is 3. The molecule has 0 N–H and O–H groups in total. The van der Waals surface area contributed by atoms with Gasteiger partial charge in [-0.05, 0) is 17.7 Å². The number of nitrogens with zero attached hydrogens (tertiary/aromatic N) is 6. The van der Waals surface area contributed by atoms with Crippen LogP contribution in [-0.2, 0) is 11.3 Å². The van der Waals surface area contributed by atoms with E-state index in [1.165, 1.54) is 18.5 Å². The largest absolute Gasteiger partial charge is 0.378 e. The maximum Gasteiger partial charge on any atom is 0.184 e. The second kappa shape index (κ2) is 5.88. The number of fused-ring (bicyclic) bond motifs is 1. The highest BCUT2D eigenvalue weighted by Crippen LogP contribution is 2.21. The van der Waals surface area contributed by atoms with Gasteiger partial charge in [0, 0.05) is 13.1 Å². The molecule has 1 aliphatic heterocycles. The van der Waals surface area contributed by atoms with E-state index in [1.54, 1.807) is 16.8 Å². The van der Waals surface area contributed by atoms with E-state index in [0.717, 1.165) is 24.5 Å². The van der Waals surface area contributed by atoms with Gasteiger partial charge in [-0.2, -0.15) is 0 Å². The quantitative estimate of drug-likeness (QED) is 0.724. The summed E-state index contributed by atoms with van der Waals surface area (Å²) in [7, 11) is 0. The monoisotopic (exact) mass is 314 g/mol. The Bertz CT molecular complexity index is 812. The molecule has 1 aliphatic rings. The van der Waals surface area contributed by atoms with Crippen LogP contribution in [0.5, 0.6) is 0 Å². The first-order chi connectivity index (χ1) is 11.3. The molecule has 1 saturated heterocycles. The van der Waals surface area contributed by atoms with E-state index in [0.29, 0.717) is 30.9 Å². The molecule has 0 saturated carbocycles. The lowest BCUT2D eigenvalue weighted by atomic mass is 10.2. The summed E-state index contributed by atoms with van der Waals surface area (Å²) in [5, 5.41) is 8.42. The summed E-state index contributed by atoms with van der Waals surface area (Å²) in [6.07, 6.45) is 1.53. The Kier molecular flexibility index (Phi) is 3.58. The van der Waals surface area contributed by atoms with Crippen molar-refractivity contribution in [3.05, 3.63) is 42.0 Å². The van der Waals surface area contributed by atoms with Crippen molar-refractivity contribution in [2.24, 2.45) is 0 Å². The van der Waals surface area contributed by atoms with Gasteiger partial charge in [-0.25, -0.2) is 19.0 Å². The van der Waals surface area contributed by atoms with Gasteiger partial charge in [-0.1, -0.05) is 17.3 Å². The zero-order chi connectivity index (χ0) is 15.6. The number of benzene rings is 1. The SMILES string of the molecule is Fc1ccc(Cn2nnc3c(N4CCOCC4)ncnc32)cc1. The van der Waals surface area contributed by atoms with E-state index in [9.17, 15) is 4.39 Å². The van der Waals surface area contributed by atoms with Gasteiger partial charge < -0.3 is 9.64 Å². The number of hydrogen-bond acceptors (Lipinski definition) is 6. The summed E-state index contributed by atoms with van der Waals surface area (Å²) in [6, 6.07) is 6.32. The molecule has 0 bridgehead atoms. The standard InChI is InChI=1S/C15H15FN6O/c16-12-3-1-11(2-4-12)9-22-15-13(19-20-22)14(17-10-18-15)21-5-7-23-8-6-21/h1-4,10H,5-9H2. The molecule has 0 radical (unpaired) electrons. The highest BCUT2D eigenvalue weighted by molar-refractivity contribution is 5.82. The molecule has 7 nitrogen and oxygen atoms in total. The van der Waals surface area contributed by atoms with Gasteiger partial charge in [0.15, 0.2) is 17.0 Å². The third-order valence-electron chi connectivity index (χ3n) is 3.84. The summed E-state index contributed by atoms with van der Waals surface area (Å²) in [4.78, 5) is 10.8. The fourth-order valence-corrected chi connectivity index (χ4v) is 2.66. The number of morpholine rings is 1. The molecular weight excluding hydrogens is 299 g/mol. The molecule has 2 aromatic heterocycles. The molecule has 0 unspecified atom stereocenters. The zero-order valence-electron chi connectivity index (χ0n) is 12.4. The number of ether oxygens (including phenoxy) is 1. The molecule has 0 aliphatic carbocycles. The van der Waals surface area contributed by atoms with E-state index in [4.69, 9.17) is 4.74 Å². The van der Waals surface area contributed by atoms with Gasteiger partial charge in [-0.15, -0.1) is 5.10 Å². The number of aromatic nitrogens is 5. The predicted molar refractivity (Wildman–Crippen MR) is 81.7 cm³/mol. The molecule has 4 rings (SSSR count). The van der Waals surface area contributed by atoms with Crippen LogP contribution in [-0.4, -0.2) is 51.3 Å². The van der Waals surface area contributed by atoms with Gasteiger partial charge in [-0.3, -0.25) is 0 Å². The van der Waals surface area contributed by atoms with Crippen LogP contribution in [0.25, 0.3) is 11.2 Å². The second-order valence-corrected chi connectivity index (χ2v) is 5.34. The van der Waals surface area contributed by atoms with Crippen LogP contribution < -0.4 is 4.90 Å². The van der Waals surface area contributed by atoms with Crippen molar-refractivity contribution < 1.29 is 9.13 Å². The van der Waals surface area contributed by atoms with Crippen LogP contribution in [0.2, 0.25) is 0 Å². The van der Waals surface area contributed by atoms with Crippen LogP contribution in [0.3, 0.4) is 0 Å². The molecule has 1 aromatic carbocycles. The summed E-state index contributed by atoms with van der Waals surface area (Å²) < 4.78 is 20.1. The smallest absolute Gasteiger partial charge is 0.184 e. The van der Waals surface area contributed by atoms with Crippen LogP contribution in [0.1, 0.15) is 5.56 Å². The highest BCUT2D eigenvalue weighted by atomic mass is 19.1. The molecule has 1 fully saturated rings. The number of anilines is 1.